The Morgan fingerprint density at radius 2 is 1.86 bits per heavy atom. The van der Waals surface area contributed by atoms with Crippen molar-refractivity contribution in [1.29, 1.82) is 0 Å². The molecule has 1 saturated carbocycles. The second kappa shape index (κ2) is 10.0. The van der Waals surface area contributed by atoms with Gasteiger partial charge in [-0.2, -0.15) is 0 Å². The van der Waals surface area contributed by atoms with Gasteiger partial charge in [0.15, 0.2) is 0 Å². The average Bonchev–Trinajstić information content (AvgIpc) is 3.21. The highest BCUT2D eigenvalue weighted by molar-refractivity contribution is 5.90. The van der Waals surface area contributed by atoms with E-state index in [-0.39, 0.29) is 23.9 Å². The molecule has 2 atom stereocenters. The van der Waals surface area contributed by atoms with Crippen LogP contribution in [0, 0.1) is 5.92 Å². The van der Waals surface area contributed by atoms with Crippen LogP contribution in [0.15, 0.2) is 30.3 Å². The molecule has 0 aromatic heterocycles. The number of benzene rings is 1. The van der Waals surface area contributed by atoms with E-state index in [0.717, 1.165) is 44.1 Å². The largest absolute Gasteiger partial charge is 0.354 e. The average molecular weight is 387 g/mol. The summed E-state index contributed by atoms with van der Waals surface area (Å²) < 4.78 is 0. The number of carbonyl (C=O) groups is 2. The molecule has 1 aliphatic heterocycles. The van der Waals surface area contributed by atoms with Gasteiger partial charge in [0.05, 0.1) is 6.04 Å². The lowest BCUT2D eigenvalue weighted by Gasteiger charge is -2.30. The number of likely N-dealkylation sites (tertiary alicyclic amines) is 1. The second-order valence-corrected chi connectivity index (χ2v) is 8.25. The zero-order chi connectivity index (χ0) is 19.9. The summed E-state index contributed by atoms with van der Waals surface area (Å²) in [5, 5.41) is 6.25. The number of rotatable bonds is 7. The lowest BCUT2D eigenvalue weighted by molar-refractivity contribution is -0.140. The Morgan fingerprint density at radius 3 is 2.54 bits per heavy atom. The van der Waals surface area contributed by atoms with Crippen molar-refractivity contribution in [2.24, 2.45) is 11.7 Å². The molecule has 2 aliphatic rings. The maximum absolute atomic E-state index is 13.1. The van der Waals surface area contributed by atoms with Crippen molar-refractivity contribution >= 4 is 11.8 Å². The highest BCUT2D eigenvalue weighted by Crippen LogP contribution is 2.23. The zero-order valence-corrected chi connectivity index (χ0v) is 16.9. The van der Waals surface area contributed by atoms with Gasteiger partial charge < -0.3 is 21.3 Å². The molecule has 0 unspecified atom stereocenters. The van der Waals surface area contributed by atoms with Crippen LogP contribution in [0.5, 0.6) is 0 Å². The number of nitrogens with one attached hydrogen (secondary N) is 2. The highest BCUT2D eigenvalue weighted by Gasteiger charge is 2.36. The van der Waals surface area contributed by atoms with E-state index in [1.807, 2.05) is 37.4 Å². The highest BCUT2D eigenvalue weighted by atomic mass is 16.2. The van der Waals surface area contributed by atoms with Gasteiger partial charge >= 0.3 is 0 Å². The molecule has 1 saturated heterocycles. The molecule has 154 valence electrons. The number of nitrogens with zero attached hydrogens (tertiary/aromatic N) is 1. The number of amides is 2. The summed E-state index contributed by atoms with van der Waals surface area (Å²) in [6.45, 7) is 1.35. The molecule has 1 aliphatic carbocycles. The van der Waals surface area contributed by atoms with Gasteiger partial charge in [-0.05, 0) is 63.5 Å². The minimum atomic E-state index is -0.343. The van der Waals surface area contributed by atoms with Crippen LogP contribution in [0.4, 0.5) is 0 Å². The molecule has 1 aromatic rings. The van der Waals surface area contributed by atoms with Crippen molar-refractivity contribution < 1.29 is 9.59 Å². The lowest BCUT2D eigenvalue weighted by Crippen LogP contribution is -2.53. The van der Waals surface area contributed by atoms with Crippen LogP contribution in [-0.4, -0.2) is 55.0 Å². The van der Waals surface area contributed by atoms with Crippen molar-refractivity contribution in [3.05, 3.63) is 35.9 Å². The Kier molecular flexibility index (Phi) is 7.45. The van der Waals surface area contributed by atoms with Crippen LogP contribution in [0.25, 0.3) is 0 Å². The third-order valence-corrected chi connectivity index (χ3v) is 6.22. The monoisotopic (exact) mass is 386 g/mol. The SMILES string of the molecule is CN[C@@H](Cc1ccccc1)C(=O)N1CCC[C@H]1C(=O)NCC1CCC(N)CC1. The van der Waals surface area contributed by atoms with E-state index < -0.39 is 0 Å². The minimum Gasteiger partial charge on any atom is -0.354 e. The summed E-state index contributed by atoms with van der Waals surface area (Å²) in [7, 11) is 1.81. The smallest absolute Gasteiger partial charge is 0.242 e. The molecular formula is C22H34N4O2. The molecule has 1 heterocycles. The fourth-order valence-corrected chi connectivity index (χ4v) is 4.42. The standard InChI is InChI=1S/C22H34N4O2/c1-24-19(14-16-6-3-2-4-7-16)22(28)26-13-5-8-20(26)21(27)25-15-17-9-11-18(23)12-10-17/h2-4,6-7,17-20,24H,5,8-15,23H2,1H3,(H,25,27)/t17?,18?,19-,20-/m0/s1. The third kappa shape index (κ3) is 5.32. The Balaban J connectivity index is 1.54. The molecule has 0 radical (unpaired) electrons. The molecule has 3 rings (SSSR count). The summed E-state index contributed by atoms with van der Waals surface area (Å²) in [5.41, 5.74) is 7.08. The van der Waals surface area contributed by atoms with E-state index in [9.17, 15) is 9.59 Å². The van der Waals surface area contributed by atoms with Crippen molar-refractivity contribution in [2.45, 2.75) is 63.1 Å². The first kappa shape index (κ1) is 20.8. The first-order valence-corrected chi connectivity index (χ1v) is 10.6. The molecule has 2 fully saturated rings. The predicted octanol–water partition coefficient (Wildman–Crippen LogP) is 1.44. The van der Waals surface area contributed by atoms with Crippen LogP contribution < -0.4 is 16.4 Å². The maximum Gasteiger partial charge on any atom is 0.242 e. The number of hydrogen-bond acceptors (Lipinski definition) is 4. The fourth-order valence-electron chi connectivity index (χ4n) is 4.42. The topological polar surface area (TPSA) is 87.5 Å². The fraction of sp³-hybridized carbons (Fsp3) is 0.636. The molecule has 0 spiro atoms. The molecule has 28 heavy (non-hydrogen) atoms. The molecule has 6 heteroatoms. The Morgan fingerprint density at radius 1 is 1.14 bits per heavy atom. The number of nitrogens with two attached hydrogens (primary N) is 1. The normalized spacial score (nSPS) is 26.1. The van der Waals surface area contributed by atoms with Gasteiger partial charge in [0.2, 0.25) is 11.8 Å². The van der Waals surface area contributed by atoms with Gasteiger partial charge in [0, 0.05) is 19.1 Å². The lowest BCUT2D eigenvalue weighted by atomic mass is 9.86. The maximum atomic E-state index is 13.1. The van der Waals surface area contributed by atoms with Crippen LogP contribution in [-0.2, 0) is 16.0 Å². The third-order valence-electron chi connectivity index (χ3n) is 6.22. The Labute approximate surface area is 168 Å². The first-order valence-electron chi connectivity index (χ1n) is 10.6. The zero-order valence-electron chi connectivity index (χ0n) is 16.9. The molecule has 2 amide bonds. The van der Waals surface area contributed by atoms with Crippen molar-refractivity contribution in [3.8, 4) is 0 Å². The predicted molar refractivity (Wildman–Crippen MR) is 111 cm³/mol. The Hall–Kier alpha value is -1.92. The van der Waals surface area contributed by atoms with Crippen LogP contribution >= 0.6 is 0 Å². The molecule has 0 bridgehead atoms. The summed E-state index contributed by atoms with van der Waals surface area (Å²) in [6.07, 6.45) is 6.49. The van der Waals surface area contributed by atoms with Crippen LogP contribution in [0.2, 0.25) is 0 Å². The van der Waals surface area contributed by atoms with Crippen molar-refractivity contribution in [2.75, 3.05) is 20.1 Å². The van der Waals surface area contributed by atoms with E-state index in [2.05, 4.69) is 10.6 Å². The Bertz CT molecular complexity index is 643. The summed E-state index contributed by atoms with van der Waals surface area (Å²) in [4.78, 5) is 27.7. The number of hydrogen-bond donors (Lipinski definition) is 3. The summed E-state index contributed by atoms with van der Waals surface area (Å²) in [6, 6.07) is 9.66. The van der Waals surface area contributed by atoms with E-state index in [4.69, 9.17) is 5.73 Å². The van der Waals surface area contributed by atoms with Crippen molar-refractivity contribution in [1.82, 2.24) is 15.5 Å². The van der Waals surface area contributed by atoms with Gasteiger partial charge in [0.1, 0.15) is 6.04 Å². The minimum absolute atomic E-state index is 0.00436. The van der Waals surface area contributed by atoms with E-state index in [1.54, 1.807) is 4.90 Å². The molecule has 6 nitrogen and oxygen atoms in total. The summed E-state index contributed by atoms with van der Waals surface area (Å²) in [5.74, 6) is 0.528. The van der Waals surface area contributed by atoms with Gasteiger partial charge in [-0.25, -0.2) is 0 Å². The van der Waals surface area contributed by atoms with Gasteiger partial charge in [-0.15, -0.1) is 0 Å². The molecule has 4 N–H and O–H groups in total. The molecular weight excluding hydrogens is 352 g/mol. The molecule has 1 aromatic carbocycles. The number of likely N-dealkylation sites (N-methyl/N-ethyl adjacent to an activating group) is 1. The van der Waals surface area contributed by atoms with Crippen LogP contribution in [0.1, 0.15) is 44.1 Å². The van der Waals surface area contributed by atoms with E-state index in [1.165, 1.54) is 0 Å². The van der Waals surface area contributed by atoms with Gasteiger partial charge in [-0.3, -0.25) is 9.59 Å². The summed E-state index contributed by atoms with van der Waals surface area (Å²) >= 11 is 0. The van der Waals surface area contributed by atoms with Crippen molar-refractivity contribution in [3.63, 3.8) is 0 Å². The first-order chi connectivity index (χ1) is 13.6. The second-order valence-electron chi connectivity index (χ2n) is 8.25. The quantitative estimate of drug-likeness (QED) is 0.662. The van der Waals surface area contributed by atoms with Crippen LogP contribution in [0.3, 0.4) is 0 Å². The number of carbonyl (C=O) groups excluding carboxylic acids is 2. The van der Waals surface area contributed by atoms with Gasteiger partial charge in [-0.1, -0.05) is 30.3 Å². The van der Waals surface area contributed by atoms with Gasteiger partial charge in [0.25, 0.3) is 0 Å². The van der Waals surface area contributed by atoms with E-state index in [0.29, 0.717) is 31.5 Å². The van der Waals surface area contributed by atoms with E-state index >= 15 is 0 Å².